The third-order valence-electron chi connectivity index (χ3n) is 2.36. The van der Waals surface area contributed by atoms with Crippen molar-refractivity contribution >= 4 is 23.3 Å². The van der Waals surface area contributed by atoms with Crippen molar-refractivity contribution in [2.75, 3.05) is 6.54 Å². The van der Waals surface area contributed by atoms with Gasteiger partial charge in [-0.15, -0.1) is 0 Å². The summed E-state index contributed by atoms with van der Waals surface area (Å²) in [5.41, 5.74) is 1.22. The molecule has 0 N–H and O–H groups in total. The highest BCUT2D eigenvalue weighted by Crippen LogP contribution is 2.13. The SMILES string of the molecule is S=C1CCCN1/C=C\c1ccccc1. The van der Waals surface area contributed by atoms with E-state index in [-0.39, 0.29) is 0 Å². The molecule has 1 aliphatic heterocycles. The summed E-state index contributed by atoms with van der Waals surface area (Å²) in [6.07, 6.45) is 6.45. The topological polar surface area (TPSA) is 3.24 Å². The van der Waals surface area contributed by atoms with Gasteiger partial charge in [0.2, 0.25) is 0 Å². The Morgan fingerprint density at radius 3 is 2.64 bits per heavy atom. The molecule has 1 heterocycles. The van der Waals surface area contributed by atoms with E-state index in [4.69, 9.17) is 12.2 Å². The first-order chi connectivity index (χ1) is 6.86. The van der Waals surface area contributed by atoms with Gasteiger partial charge in [-0.05, 0) is 24.5 Å². The molecule has 1 saturated heterocycles. The smallest absolute Gasteiger partial charge is 0.0819 e. The van der Waals surface area contributed by atoms with Crippen molar-refractivity contribution in [3.05, 3.63) is 42.1 Å². The van der Waals surface area contributed by atoms with Crippen molar-refractivity contribution in [3.8, 4) is 0 Å². The molecule has 0 bridgehead atoms. The summed E-state index contributed by atoms with van der Waals surface area (Å²) in [4.78, 5) is 3.22. The fraction of sp³-hybridized carbons (Fsp3) is 0.250. The van der Waals surface area contributed by atoms with Crippen molar-refractivity contribution in [1.82, 2.24) is 4.90 Å². The molecule has 1 aromatic rings. The van der Waals surface area contributed by atoms with E-state index in [1.54, 1.807) is 0 Å². The van der Waals surface area contributed by atoms with Crippen LogP contribution in [0.1, 0.15) is 18.4 Å². The Kier molecular flexibility index (Phi) is 2.94. The number of hydrogen-bond donors (Lipinski definition) is 0. The molecular weight excluding hydrogens is 190 g/mol. The van der Waals surface area contributed by atoms with Gasteiger partial charge in [0.15, 0.2) is 0 Å². The van der Waals surface area contributed by atoms with Gasteiger partial charge in [0.1, 0.15) is 0 Å². The molecular formula is C12H13NS. The van der Waals surface area contributed by atoms with Gasteiger partial charge in [-0.1, -0.05) is 42.5 Å². The lowest BCUT2D eigenvalue weighted by Crippen LogP contribution is -2.15. The largest absolute Gasteiger partial charge is 0.343 e. The van der Waals surface area contributed by atoms with E-state index in [1.807, 2.05) is 18.2 Å². The van der Waals surface area contributed by atoms with E-state index < -0.39 is 0 Å². The van der Waals surface area contributed by atoms with Crippen LogP contribution in [0.15, 0.2) is 36.5 Å². The van der Waals surface area contributed by atoms with Gasteiger partial charge >= 0.3 is 0 Å². The second-order valence-electron chi connectivity index (χ2n) is 3.42. The van der Waals surface area contributed by atoms with Crippen LogP contribution in [-0.2, 0) is 0 Å². The zero-order valence-electron chi connectivity index (χ0n) is 8.02. The second kappa shape index (κ2) is 4.38. The number of benzene rings is 1. The zero-order valence-corrected chi connectivity index (χ0v) is 8.83. The summed E-state index contributed by atoms with van der Waals surface area (Å²) in [7, 11) is 0. The quantitative estimate of drug-likeness (QED) is 0.680. The van der Waals surface area contributed by atoms with Gasteiger partial charge in [0, 0.05) is 12.7 Å². The third-order valence-corrected chi connectivity index (χ3v) is 2.80. The molecule has 1 aliphatic rings. The fourth-order valence-electron chi connectivity index (χ4n) is 1.57. The lowest BCUT2D eigenvalue weighted by molar-refractivity contribution is 0.614. The van der Waals surface area contributed by atoms with Crippen molar-refractivity contribution < 1.29 is 0 Å². The molecule has 0 radical (unpaired) electrons. The monoisotopic (exact) mass is 203 g/mol. The minimum Gasteiger partial charge on any atom is -0.343 e. The predicted octanol–water partition coefficient (Wildman–Crippen LogP) is 3.08. The standard InChI is InChI=1S/C12H13NS/c14-12-7-4-9-13(12)10-8-11-5-2-1-3-6-11/h1-3,5-6,8,10H,4,7,9H2/b10-8-. The highest BCUT2D eigenvalue weighted by molar-refractivity contribution is 7.80. The van der Waals surface area contributed by atoms with Crippen LogP contribution < -0.4 is 0 Å². The normalized spacial score (nSPS) is 16.9. The van der Waals surface area contributed by atoms with Crippen molar-refractivity contribution in [2.45, 2.75) is 12.8 Å². The summed E-state index contributed by atoms with van der Waals surface area (Å²) in [6.45, 7) is 1.07. The summed E-state index contributed by atoms with van der Waals surface area (Å²) >= 11 is 5.23. The van der Waals surface area contributed by atoms with Crippen molar-refractivity contribution in [2.24, 2.45) is 0 Å². The van der Waals surface area contributed by atoms with Crippen LogP contribution in [0.5, 0.6) is 0 Å². The summed E-state index contributed by atoms with van der Waals surface area (Å²) in [5, 5.41) is 0. The van der Waals surface area contributed by atoms with Crippen molar-refractivity contribution in [3.63, 3.8) is 0 Å². The van der Waals surface area contributed by atoms with E-state index >= 15 is 0 Å². The van der Waals surface area contributed by atoms with E-state index in [1.165, 1.54) is 12.0 Å². The lowest BCUT2D eigenvalue weighted by Gasteiger charge is -2.10. The number of likely N-dealkylation sites (tertiary alicyclic amines) is 1. The molecule has 1 fully saturated rings. The van der Waals surface area contributed by atoms with Crippen LogP contribution in [0.2, 0.25) is 0 Å². The van der Waals surface area contributed by atoms with Crippen LogP contribution in [0, 0.1) is 0 Å². The Bertz CT molecular complexity index is 343. The maximum absolute atomic E-state index is 5.23. The predicted molar refractivity (Wildman–Crippen MR) is 64.0 cm³/mol. The van der Waals surface area contributed by atoms with E-state index in [0.29, 0.717) is 0 Å². The molecule has 2 heteroatoms. The molecule has 14 heavy (non-hydrogen) atoms. The summed E-state index contributed by atoms with van der Waals surface area (Å²) in [5.74, 6) is 0. The van der Waals surface area contributed by atoms with Gasteiger partial charge in [-0.25, -0.2) is 0 Å². The number of nitrogens with zero attached hydrogens (tertiary/aromatic N) is 1. The van der Waals surface area contributed by atoms with Crippen LogP contribution in [0.25, 0.3) is 6.08 Å². The zero-order chi connectivity index (χ0) is 9.80. The Balaban J connectivity index is 2.03. The van der Waals surface area contributed by atoms with Gasteiger partial charge in [-0.3, -0.25) is 0 Å². The molecule has 1 aromatic carbocycles. The molecule has 0 saturated carbocycles. The average molecular weight is 203 g/mol. The molecule has 2 rings (SSSR count). The Morgan fingerprint density at radius 1 is 1.21 bits per heavy atom. The van der Waals surface area contributed by atoms with Gasteiger partial charge in [0.05, 0.1) is 4.99 Å². The second-order valence-corrected chi connectivity index (χ2v) is 3.89. The Hall–Kier alpha value is -1.15. The first-order valence-corrected chi connectivity index (χ1v) is 5.30. The van der Waals surface area contributed by atoms with E-state index in [0.717, 1.165) is 18.0 Å². The van der Waals surface area contributed by atoms with E-state index in [9.17, 15) is 0 Å². The Morgan fingerprint density at radius 2 is 2.00 bits per heavy atom. The lowest BCUT2D eigenvalue weighted by atomic mass is 10.2. The molecule has 0 aromatic heterocycles. The molecule has 1 nitrogen and oxygen atoms in total. The van der Waals surface area contributed by atoms with Crippen LogP contribution >= 0.6 is 12.2 Å². The number of thiocarbonyl (C=S) groups is 1. The van der Waals surface area contributed by atoms with Gasteiger partial charge in [-0.2, -0.15) is 0 Å². The molecule has 0 amide bonds. The molecule has 0 unspecified atom stereocenters. The van der Waals surface area contributed by atoms with Crippen LogP contribution in [0.3, 0.4) is 0 Å². The number of hydrogen-bond acceptors (Lipinski definition) is 1. The first-order valence-electron chi connectivity index (χ1n) is 4.89. The van der Waals surface area contributed by atoms with Gasteiger partial charge in [0.25, 0.3) is 0 Å². The van der Waals surface area contributed by atoms with Gasteiger partial charge < -0.3 is 4.90 Å². The highest BCUT2D eigenvalue weighted by Gasteiger charge is 2.12. The van der Waals surface area contributed by atoms with Crippen molar-refractivity contribution in [1.29, 1.82) is 0 Å². The average Bonchev–Trinajstić information content (AvgIpc) is 2.63. The molecule has 72 valence electrons. The van der Waals surface area contributed by atoms with Crippen LogP contribution in [-0.4, -0.2) is 16.4 Å². The molecule has 0 aliphatic carbocycles. The fourth-order valence-corrected chi connectivity index (χ4v) is 1.86. The first kappa shape index (κ1) is 9.41. The summed E-state index contributed by atoms with van der Waals surface area (Å²) < 4.78 is 0. The maximum atomic E-state index is 5.23. The van der Waals surface area contributed by atoms with Crippen LogP contribution in [0.4, 0.5) is 0 Å². The minimum atomic E-state index is 1.06. The maximum Gasteiger partial charge on any atom is 0.0819 e. The summed E-state index contributed by atoms with van der Waals surface area (Å²) in [6, 6.07) is 10.3. The van der Waals surface area contributed by atoms with E-state index in [2.05, 4.69) is 29.3 Å². The minimum absolute atomic E-state index is 1.06. The highest BCUT2D eigenvalue weighted by atomic mass is 32.1. The molecule has 0 spiro atoms. The Labute approximate surface area is 90.0 Å². The molecule has 0 atom stereocenters. The number of rotatable bonds is 2. The third kappa shape index (κ3) is 2.20.